The molecule has 9 nitrogen and oxygen atoms in total. The second-order valence-corrected chi connectivity index (χ2v) is 8.82. The zero-order valence-corrected chi connectivity index (χ0v) is 18.6. The molecule has 3 heterocycles. The Balaban J connectivity index is 1.33. The first-order valence-electron chi connectivity index (χ1n) is 10.7. The van der Waals surface area contributed by atoms with Gasteiger partial charge in [0.05, 0.1) is 30.9 Å². The Hall–Kier alpha value is -3.14. The molecule has 5 rings (SSSR count). The second-order valence-electron chi connectivity index (χ2n) is 7.88. The summed E-state index contributed by atoms with van der Waals surface area (Å²) in [6.45, 7) is 0. The van der Waals surface area contributed by atoms with E-state index in [2.05, 4.69) is 20.6 Å². The van der Waals surface area contributed by atoms with E-state index in [9.17, 15) is 4.79 Å². The molecule has 2 aliphatic rings. The number of hydrogen-bond donors (Lipinski definition) is 0. The highest BCUT2D eigenvalue weighted by molar-refractivity contribution is 7.99. The number of carbonyl (C=O) groups excluding carboxylic acids is 1. The molecule has 0 unspecified atom stereocenters. The van der Waals surface area contributed by atoms with Crippen molar-refractivity contribution in [3.8, 4) is 5.75 Å². The van der Waals surface area contributed by atoms with Gasteiger partial charge in [0.25, 0.3) is 5.91 Å². The van der Waals surface area contributed by atoms with Gasteiger partial charge >= 0.3 is 0 Å². The van der Waals surface area contributed by atoms with E-state index in [4.69, 9.17) is 9.15 Å². The minimum absolute atomic E-state index is 0.110. The summed E-state index contributed by atoms with van der Waals surface area (Å²) in [5.41, 5.74) is 1.79. The fraction of sp³-hybridized carbons (Fsp3) is 0.409. The molecule has 0 radical (unpaired) electrons. The topological polar surface area (TPSA) is 98.6 Å². The van der Waals surface area contributed by atoms with Crippen LogP contribution in [-0.4, -0.2) is 49.7 Å². The fourth-order valence-electron chi connectivity index (χ4n) is 4.25. The van der Waals surface area contributed by atoms with Crippen molar-refractivity contribution in [3.05, 3.63) is 54.0 Å². The van der Waals surface area contributed by atoms with E-state index >= 15 is 0 Å². The molecule has 3 aromatic rings. The SMILES string of the molecule is COc1ccc(C2=NN(C(=O)CSc3nnnn3C3CCCC3)[C@@H](c3ccco3)C2)cc1. The molecule has 1 aliphatic heterocycles. The Bertz CT molecular complexity index is 1090. The zero-order chi connectivity index (χ0) is 21.9. The number of thioether (sulfide) groups is 1. The molecular formula is C22H24N6O3S. The van der Waals surface area contributed by atoms with Crippen molar-refractivity contribution >= 4 is 23.4 Å². The summed E-state index contributed by atoms with van der Waals surface area (Å²) >= 11 is 1.36. The number of aromatic nitrogens is 4. The number of nitrogens with zero attached hydrogens (tertiary/aromatic N) is 6. The van der Waals surface area contributed by atoms with E-state index in [1.807, 2.05) is 41.1 Å². The summed E-state index contributed by atoms with van der Waals surface area (Å²) in [6, 6.07) is 11.4. The van der Waals surface area contributed by atoms with Gasteiger partial charge in [-0.1, -0.05) is 24.6 Å². The minimum atomic E-state index is -0.277. The summed E-state index contributed by atoms with van der Waals surface area (Å²) in [4.78, 5) is 13.2. The third kappa shape index (κ3) is 4.14. The molecule has 0 saturated heterocycles. The molecule has 1 fully saturated rings. The van der Waals surface area contributed by atoms with Crippen LogP contribution in [0.4, 0.5) is 0 Å². The van der Waals surface area contributed by atoms with Crippen molar-refractivity contribution in [2.24, 2.45) is 5.10 Å². The summed E-state index contributed by atoms with van der Waals surface area (Å²) in [5.74, 6) is 1.58. The van der Waals surface area contributed by atoms with Crippen molar-refractivity contribution in [1.29, 1.82) is 0 Å². The molecule has 10 heteroatoms. The van der Waals surface area contributed by atoms with Crippen molar-refractivity contribution in [2.45, 2.75) is 49.3 Å². The smallest absolute Gasteiger partial charge is 0.253 e. The monoisotopic (exact) mass is 452 g/mol. The van der Waals surface area contributed by atoms with E-state index in [0.29, 0.717) is 23.4 Å². The van der Waals surface area contributed by atoms with Crippen LogP contribution >= 0.6 is 11.8 Å². The number of hydrazone groups is 1. The maximum atomic E-state index is 13.2. The maximum absolute atomic E-state index is 13.2. The molecule has 0 spiro atoms. The van der Waals surface area contributed by atoms with E-state index in [-0.39, 0.29) is 17.7 Å². The minimum Gasteiger partial charge on any atom is -0.497 e. The average Bonchev–Trinajstić information content (AvgIpc) is 3.63. The Morgan fingerprint density at radius 1 is 1.22 bits per heavy atom. The van der Waals surface area contributed by atoms with Gasteiger partial charge in [-0.2, -0.15) is 5.10 Å². The van der Waals surface area contributed by atoms with Crippen LogP contribution < -0.4 is 4.74 Å². The summed E-state index contributed by atoms with van der Waals surface area (Å²) in [7, 11) is 1.64. The normalized spacial score (nSPS) is 18.8. The van der Waals surface area contributed by atoms with Crippen molar-refractivity contribution in [1.82, 2.24) is 25.2 Å². The lowest BCUT2D eigenvalue weighted by Gasteiger charge is -2.19. The molecule has 0 N–H and O–H groups in total. The van der Waals surface area contributed by atoms with Crippen LogP contribution in [0.2, 0.25) is 0 Å². The molecular weight excluding hydrogens is 428 g/mol. The third-order valence-electron chi connectivity index (χ3n) is 5.92. The Kier molecular flexibility index (Phi) is 5.93. The molecule has 1 atom stereocenters. The molecule has 1 aliphatic carbocycles. The third-order valence-corrected chi connectivity index (χ3v) is 6.84. The number of amides is 1. The van der Waals surface area contributed by atoms with Gasteiger partial charge in [-0.3, -0.25) is 4.79 Å². The van der Waals surface area contributed by atoms with Crippen LogP contribution in [0, 0.1) is 0 Å². The number of methoxy groups -OCH3 is 1. The van der Waals surface area contributed by atoms with Gasteiger partial charge in [0.2, 0.25) is 5.16 Å². The van der Waals surface area contributed by atoms with Crippen LogP contribution in [0.15, 0.2) is 57.3 Å². The Morgan fingerprint density at radius 3 is 2.75 bits per heavy atom. The lowest BCUT2D eigenvalue weighted by Crippen LogP contribution is -2.28. The fourth-order valence-corrected chi connectivity index (χ4v) is 5.05. The molecule has 1 saturated carbocycles. The number of furan rings is 1. The van der Waals surface area contributed by atoms with E-state index in [1.165, 1.54) is 29.6 Å². The van der Waals surface area contributed by atoms with Gasteiger partial charge in [0.15, 0.2) is 0 Å². The molecule has 1 amide bonds. The second kappa shape index (κ2) is 9.15. The number of rotatable bonds is 7. The standard InChI is InChI=1S/C22H24N6O3S/c1-30-17-10-8-15(9-11-17)18-13-19(20-7-4-12-31-20)28(24-18)21(29)14-32-22-23-25-26-27(22)16-5-2-3-6-16/h4,7-12,16,19H,2-3,5-6,13-14H2,1H3/t19-/m1/s1. The van der Waals surface area contributed by atoms with Gasteiger partial charge in [-0.15, -0.1) is 5.10 Å². The van der Waals surface area contributed by atoms with Crippen LogP contribution in [0.5, 0.6) is 5.75 Å². The van der Waals surface area contributed by atoms with Crippen LogP contribution in [0.1, 0.15) is 55.5 Å². The van der Waals surface area contributed by atoms with Crippen LogP contribution in [0.25, 0.3) is 0 Å². The number of tetrazole rings is 1. The number of hydrogen-bond acceptors (Lipinski definition) is 8. The predicted molar refractivity (Wildman–Crippen MR) is 118 cm³/mol. The molecule has 32 heavy (non-hydrogen) atoms. The summed E-state index contributed by atoms with van der Waals surface area (Å²) in [5, 5.41) is 19.0. The van der Waals surface area contributed by atoms with E-state index in [0.717, 1.165) is 29.9 Å². The highest BCUT2D eigenvalue weighted by Crippen LogP contribution is 2.35. The van der Waals surface area contributed by atoms with Crippen molar-refractivity contribution in [3.63, 3.8) is 0 Å². The lowest BCUT2D eigenvalue weighted by molar-refractivity contribution is -0.130. The first-order valence-corrected chi connectivity index (χ1v) is 11.7. The van der Waals surface area contributed by atoms with Gasteiger partial charge < -0.3 is 9.15 Å². The van der Waals surface area contributed by atoms with Gasteiger partial charge in [0, 0.05) is 6.42 Å². The molecule has 0 bridgehead atoms. The summed E-state index contributed by atoms with van der Waals surface area (Å²) in [6.07, 6.45) is 6.73. The van der Waals surface area contributed by atoms with Gasteiger partial charge in [0.1, 0.15) is 17.6 Å². The first kappa shape index (κ1) is 20.7. The van der Waals surface area contributed by atoms with Gasteiger partial charge in [-0.25, -0.2) is 9.69 Å². The van der Waals surface area contributed by atoms with Crippen LogP contribution in [-0.2, 0) is 4.79 Å². The van der Waals surface area contributed by atoms with E-state index < -0.39 is 0 Å². The highest BCUT2D eigenvalue weighted by Gasteiger charge is 2.35. The van der Waals surface area contributed by atoms with Gasteiger partial charge in [-0.05, 0) is 65.2 Å². The van der Waals surface area contributed by atoms with Crippen molar-refractivity contribution in [2.75, 3.05) is 12.9 Å². The predicted octanol–water partition coefficient (Wildman–Crippen LogP) is 3.86. The summed E-state index contributed by atoms with van der Waals surface area (Å²) < 4.78 is 12.7. The highest BCUT2D eigenvalue weighted by atomic mass is 32.2. The lowest BCUT2D eigenvalue weighted by atomic mass is 10.0. The number of benzene rings is 1. The van der Waals surface area contributed by atoms with Crippen molar-refractivity contribution < 1.29 is 13.9 Å². The van der Waals surface area contributed by atoms with Crippen LogP contribution in [0.3, 0.4) is 0 Å². The molecule has 1 aromatic carbocycles. The first-order chi connectivity index (χ1) is 15.7. The molecule has 166 valence electrons. The average molecular weight is 453 g/mol. The Labute approximate surface area is 189 Å². The quantitative estimate of drug-likeness (QED) is 0.502. The zero-order valence-electron chi connectivity index (χ0n) is 17.8. The van der Waals surface area contributed by atoms with E-state index in [1.54, 1.807) is 13.4 Å². The molecule has 2 aromatic heterocycles. The number of carbonyl (C=O) groups is 1. The largest absolute Gasteiger partial charge is 0.497 e. The number of ether oxygens (including phenoxy) is 1. The maximum Gasteiger partial charge on any atom is 0.253 e. The Morgan fingerprint density at radius 2 is 2.03 bits per heavy atom.